The van der Waals surface area contributed by atoms with Crippen molar-refractivity contribution in [1.29, 1.82) is 0 Å². The van der Waals surface area contributed by atoms with Crippen molar-refractivity contribution in [2.45, 2.75) is 57.5 Å². The van der Waals surface area contributed by atoms with Gasteiger partial charge in [-0.3, -0.25) is 0 Å². The van der Waals surface area contributed by atoms with Crippen LogP contribution in [0.3, 0.4) is 0 Å². The molecule has 0 fully saturated rings. The van der Waals surface area contributed by atoms with Crippen LogP contribution in [0.1, 0.15) is 37.6 Å². The number of esters is 2. The Bertz CT molecular complexity index is 688. The Hall–Kier alpha value is -1.92. The molecule has 2 atom stereocenters. The second-order valence-corrected chi connectivity index (χ2v) is 12.8. The molecule has 0 N–H and O–H groups in total. The van der Waals surface area contributed by atoms with E-state index in [9.17, 15) is 9.59 Å². The van der Waals surface area contributed by atoms with Crippen molar-refractivity contribution in [3.63, 3.8) is 0 Å². The summed E-state index contributed by atoms with van der Waals surface area (Å²) in [5, 5.41) is 0.00894. The van der Waals surface area contributed by atoms with Crippen LogP contribution in [-0.2, 0) is 18.7 Å². The van der Waals surface area contributed by atoms with Crippen LogP contribution >= 0.6 is 0 Å². The predicted molar refractivity (Wildman–Crippen MR) is 102 cm³/mol. The molecule has 0 aliphatic heterocycles. The number of rotatable bonds is 5. The first-order chi connectivity index (χ1) is 12.1. The Kier molecular flexibility index (Phi) is 6.08. The first-order valence-electron chi connectivity index (χ1n) is 8.79. The average molecular weight is 377 g/mol. The van der Waals surface area contributed by atoms with Crippen LogP contribution in [0, 0.1) is 0 Å². The number of carbonyl (C=O) groups excluding carboxylic acids is 2. The molecule has 0 aromatic heterocycles. The summed E-state index contributed by atoms with van der Waals surface area (Å²) in [6.07, 6.45) is 1.14. The lowest BCUT2D eigenvalue weighted by Gasteiger charge is -2.39. The van der Waals surface area contributed by atoms with E-state index in [0.717, 1.165) is 0 Å². The lowest BCUT2D eigenvalue weighted by molar-refractivity contribution is -0.137. The van der Waals surface area contributed by atoms with Gasteiger partial charge in [-0.2, -0.15) is 0 Å². The van der Waals surface area contributed by atoms with E-state index in [1.165, 1.54) is 7.11 Å². The first-order valence-corrected chi connectivity index (χ1v) is 11.7. The van der Waals surface area contributed by atoms with E-state index < -0.39 is 26.4 Å². The molecule has 0 saturated carbocycles. The molecule has 0 radical (unpaired) electrons. The third kappa shape index (κ3) is 4.43. The van der Waals surface area contributed by atoms with Gasteiger partial charge in [0.25, 0.3) is 0 Å². The summed E-state index contributed by atoms with van der Waals surface area (Å²) in [5.74, 6) is -0.965. The minimum Gasteiger partial charge on any atom is -0.466 e. The highest BCUT2D eigenvalue weighted by Crippen LogP contribution is 2.40. The zero-order valence-electron chi connectivity index (χ0n) is 16.4. The van der Waals surface area contributed by atoms with Crippen LogP contribution in [0.15, 0.2) is 42.0 Å². The van der Waals surface area contributed by atoms with Gasteiger partial charge < -0.3 is 13.9 Å². The summed E-state index contributed by atoms with van der Waals surface area (Å²) in [6, 6.07) is 8.73. The lowest BCUT2D eigenvalue weighted by atomic mass is 10.1. The van der Waals surface area contributed by atoms with E-state index in [1.807, 2.05) is 6.07 Å². The summed E-state index contributed by atoms with van der Waals surface area (Å²) in [6.45, 7) is 10.7. The van der Waals surface area contributed by atoms with Crippen LogP contribution in [-0.4, -0.2) is 39.6 Å². The number of hydrogen-bond donors (Lipinski definition) is 0. The second kappa shape index (κ2) is 7.76. The van der Waals surface area contributed by atoms with Gasteiger partial charge in [-0.1, -0.05) is 45.0 Å². The Morgan fingerprint density at radius 2 is 1.69 bits per heavy atom. The van der Waals surface area contributed by atoms with Crippen molar-refractivity contribution in [3.05, 3.63) is 47.5 Å². The van der Waals surface area contributed by atoms with E-state index in [4.69, 9.17) is 13.9 Å². The van der Waals surface area contributed by atoms with Crippen LogP contribution in [0.2, 0.25) is 18.1 Å². The normalized spacial score (nSPS) is 20.5. The number of methoxy groups -OCH3 is 1. The van der Waals surface area contributed by atoms with Crippen molar-refractivity contribution in [2.24, 2.45) is 0 Å². The third-order valence-corrected chi connectivity index (χ3v) is 9.64. The van der Waals surface area contributed by atoms with Gasteiger partial charge in [0, 0.05) is 0 Å². The Labute approximate surface area is 156 Å². The lowest BCUT2D eigenvalue weighted by Crippen LogP contribution is -2.47. The topological polar surface area (TPSA) is 61.8 Å². The van der Waals surface area contributed by atoms with Gasteiger partial charge in [0.15, 0.2) is 14.4 Å². The van der Waals surface area contributed by atoms with Crippen LogP contribution in [0.4, 0.5) is 0 Å². The largest absolute Gasteiger partial charge is 0.466 e. The zero-order chi connectivity index (χ0) is 19.5. The smallest absolute Gasteiger partial charge is 0.338 e. The van der Waals surface area contributed by atoms with Gasteiger partial charge in [0.2, 0.25) is 0 Å². The molecule has 0 saturated heterocycles. The summed E-state index contributed by atoms with van der Waals surface area (Å²) in [5.41, 5.74) is 0.787. The van der Waals surface area contributed by atoms with Gasteiger partial charge in [-0.25, -0.2) is 9.59 Å². The molecule has 26 heavy (non-hydrogen) atoms. The number of ether oxygens (including phenoxy) is 2. The molecule has 5 nitrogen and oxygen atoms in total. The van der Waals surface area contributed by atoms with Crippen molar-refractivity contribution in [3.8, 4) is 0 Å². The molecule has 1 aromatic carbocycles. The molecule has 0 heterocycles. The number of carbonyl (C=O) groups is 2. The van der Waals surface area contributed by atoms with E-state index in [2.05, 4.69) is 33.9 Å². The zero-order valence-corrected chi connectivity index (χ0v) is 17.4. The highest BCUT2D eigenvalue weighted by molar-refractivity contribution is 6.74. The van der Waals surface area contributed by atoms with Gasteiger partial charge >= 0.3 is 11.9 Å². The third-order valence-electron chi connectivity index (χ3n) is 5.13. The molecule has 2 unspecified atom stereocenters. The highest BCUT2D eigenvalue weighted by atomic mass is 28.4. The van der Waals surface area contributed by atoms with Crippen molar-refractivity contribution in [1.82, 2.24) is 0 Å². The fraction of sp³-hybridized carbons (Fsp3) is 0.500. The standard InChI is InChI=1S/C20H28O5Si/c1-20(2,3)26(5,6)25-16-13-12-15(19(22)23-4)17(16)24-18(21)14-10-8-7-9-11-14/h7-12,16-17H,13H2,1-6H3. The molecule has 1 aliphatic rings. The van der Waals surface area contributed by atoms with Crippen molar-refractivity contribution >= 4 is 20.3 Å². The van der Waals surface area contributed by atoms with Crippen LogP contribution in [0.5, 0.6) is 0 Å². The number of benzene rings is 1. The maximum Gasteiger partial charge on any atom is 0.338 e. The molecule has 0 spiro atoms. The average Bonchev–Trinajstić information content (AvgIpc) is 2.95. The molecule has 6 heteroatoms. The maximum absolute atomic E-state index is 12.5. The second-order valence-electron chi connectivity index (χ2n) is 8.00. The van der Waals surface area contributed by atoms with E-state index >= 15 is 0 Å². The Morgan fingerprint density at radius 3 is 2.23 bits per heavy atom. The molecule has 142 valence electrons. The molecule has 2 rings (SSSR count). The van der Waals surface area contributed by atoms with Gasteiger partial charge in [0.1, 0.15) is 0 Å². The van der Waals surface area contributed by atoms with E-state index in [-0.39, 0.29) is 11.1 Å². The molecule has 0 amide bonds. The molecule has 1 aliphatic carbocycles. The molecule has 1 aromatic rings. The summed E-state index contributed by atoms with van der Waals surface area (Å²) in [7, 11) is -0.773. The van der Waals surface area contributed by atoms with Gasteiger partial charge in [-0.15, -0.1) is 0 Å². The highest BCUT2D eigenvalue weighted by Gasteiger charge is 2.45. The molecular weight excluding hydrogens is 348 g/mol. The van der Waals surface area contributed by atoms with Crippen molar-refractivity contribution < 1.29 is 23.5 Å². The van der Waals surface area contributed by atoms with Crippen LogP contribution in [0.25, 0.3) is 0 Å². The quantitative estimate of drug-likeness (QED) is 0.572. The molecular formula is C20H28O5Si. The minimum atomic E-state index is -2.09. The Morgan fingerprint density at radius 1 is 1.08 bits per heavy atom. The van der Waals surface area contributed by atoms with Crippen molar-refractivity contribution in [2.75, 3.05) is 7.11 Å². The maximum atomic E-state index is 12.5. The van der Waals surface area contributed by atoms with E-state index in [1.54, 1.807) is 30.3 Å². The first kappa shape index (κ1) is 20.4. The van der Waals surface area contributed by atoms with Gasteiger partial charge in [-0.05, 0) is 36.7 Å². The summed E-state index contributed by atoms with van der Waals surface area (Å²) in [4.78, 5) is 24.6. The SMILES string of the molecule is COC(=O)C1=CCC(O[Si](C)(C)C(C)(C)C)C1OC(=O)c1ccccc1. The Balaban J connectivity index is 2.23. The minimum absolute atomic E-state index is 0.00894. The molecule has 0 bridgehead atoms. The summed E-state index contributed by atoms with van der Waals surface area (Å²) < 4.78 is 17.0. The fourth-order valence-corrected chi connectivity index (χ4v) is 3.89. The summed E-state index contributed by atoms with van der Waals surface area (Å²) >= 11 is 0. The van der Waals surface area contributed by atoms with Crippen LogP contribution < -0.4 is 0 Å². The van der Waals surface area contributed by atoms with Gasteiger partial charge in [0.05, 0.1) is 24.4 Å². The predicted octanol–water partition coefficient (Wildman–Crippen LogP) is 4.11. The monoisotopic (exact) mass is 376 g/mol. The number of hydrogen-bond acceptors (Lipinski definition) is 5. The fourth-order valence-electron chi connectivity index (χ4n) is 2.56. The van der Waals surface area contributed by atoms with E-state index in [0.29, 0.717) is 17.6 Å².